The number of rotatable bonds is 6. The number of ether oxygens (including phenoxy) is 1. The molecule has 2 fully saturated rings. The van der Waals surface area contributed by atoms with Crippen LogP contribution in [0.1, 0.15) is 18.0 Å². The fraction of sp³-hybridized carbons (Fsp3) is 0.421. The molecule has 0 bridgehead atoms. The number of hydrogen-bond acceptors (Lipinski definition) is 9. The molecule has 0 spiro atoms. The molecule has 2 atom stereocenters. The van der Waals surface area contributed by atoms with Gasteiger partial charge in [-0.1, -0.05) is 0 Å². The van der Waals surface area contributed by atoms with Gasteiger partial charge in [0, 0.05) is 26.6 Å². The molecule has 0 radical (unpaired) electrons. The zero-order valence-corrected chi connectivity index (χ0v) is 17.9. The molecular weight excluding hydrogens is 443 g/mol. The summed E-state index contributed by atoms with van der Waals surface area (Å²) in [5.41, 5.74) is 0.665. The summed E-state index contributed by atoms with van der Waals surface area (Å²) in [7, 11) is 0. The number of amides is 2. The van der Waals surface area contributed by atoms with Crippen molar-refractivity contribution in [1.29, 1.82) is 0 Å². The number of aromatic nitrogens is 1. The minimum atomic E-state index is -0.609. The Morgan fingerprint density at radius 2 is 2.31 bits per heavy atom. The van der Waals surface area contributed by atoms with Gasteiger partial charge >= 0.3 is 11.1 Å². The molecule has 2 aromatic rings. The minimum absolute atomic E-state index is 0.0669. The van der Waals surface area contributed by atoms with E-state index in [1.807, 2.05) is 4.90 Å². The second-order valence-electron chi connectivity index (χ2n) is 7.40. The Morgan fingerprint density at radius 3 is 3.00 bits per heavy atom. The highest BCUT2D eigenvalue weighted by molar-refractivity contribution is 7.14. The fourth-order valence-corrected chi connectivity index (χ4v) is 4.57. The lowest BCUT2D eigenvalue weighted by atomic mass is 10.1. The SMILES string of the molecule is CC(=O)NC[C@H]1CN(c2ccc(N3CCNCC3c3ncc([N+](=O)[O-])s3)c(F)c2)C(=O)O1. The first-order valence-electron chi connectivity index (χ1n) is 9.93. The van der Waals surface area contributed by atoms with Gasteiger partial charge in [-0.3, -0.25) is 19.8 Å². The van der Waals surface area contributed by atoms with Crippen molar-refractivity contribution >= 4 is 39.7 Å². The van der Waals surface area contributed by atoms with Crippen LogP contribution in [0, 0.1) is 15.9 Å². The van der Waals surface area contributed by atoms with Gasteiger partial charge in [-0.15, -0.1) is 0 Å². The molecule has 1 aromatic carbocycles. The number of thiazole rings is 1. The topological polar surface area (TPSA) is 130 Å². The van der Waals surface area contributed by atoms with Gasteiger partial charge in [-0.05, 0) is 29.5 Å². The molecule has 2 amide bonds. The first-order chi connectivity index (χ1) is 15.3. The van der Waals surface area contributed by atoms with Crippen molar-refractivity contribution in [3.63, 3.8) is 0 Å². The van der Waals surface area contributed by atoms with Crippen LogP contribution in [0.5, 0.6) is 0 Å². The van der Waals surface area contributed by atoms with E-state index in [-0.39, 0.29) is 30.0 Å². The standard InChI is InChI=1S/C19H21FN6O5S/c1-11(27)22-7-13-10-25(19(28)31-13)12-2-3-15(14(20)6-12)24-5-4-21-8-16(24)18-23-9-17(32-18)26(29)30/h2-3,6,9,13,16,21H,4-5,7-8,10H2,1H3,(H,22,27)/t13-,16?/m0/s1. The van der Waals surface area contributed by atoms with Crippen LogP contribution in [0.4, 0.5) is 25.6 Å². The van der Waals surface area contributed by atoms with Gasteiger partial charge in [-0.25, -0.2) is 14.2 Å². The zero-order valence-electron chi connectivity index (χ0n) is 17.1. The summed E-state index contributed by atoms with van der Waals surface area (Å²) in [6.45, 7) is 3.32. The van der Waals surface area contributed by atoms with Crippen LogP contribution in [0.15, 0.2) is 24.4 Å². The van der Waals surface area contributed by atoms with Crippen LogP contribution in [-0.2, 0) is 9.53 Å². The van der Waals surface area contributed by atoms with Crippen LogP contribution in [0.25, 0.3) is 0 Å². The molecule has 2 N–H and O–H groups in total. The van der Waals surface area contributed by atoms with Gasteiger partial charge in [0.2, 0.25) is 5.91 Å². The van der Waals surface area contributed by atoms with Crippen molar-refractivity contribution in [2.75, 3.05) is 42.5 Å². The van der Waals surface area contributed by atoms with E-state index in [1.165, 1.54) is 24.1 Å². The highest BCUT2D eigenvalue weighted by Gasteiger charge is 2.34. The average Bonchev–Trinajstić information content (AvgIpc) is 3.39. The maximum absolute atomic E-state index is 15.2. The van der Waals surface area contributed by atoms with E-state index in [0.29, 0.717) is 36.0 Å². The summed E-state index contributed by atoms with van der Waals surface area (Å²) in [6, 6.07) is 4.12. The number of hydrogen-bond donors (Lipinski definition) is 2. The number of cyclic esters (lactones) is 1. The lowest BCUT2D eigenvalue weighted by Crippen LogP contribution is -2.46. The quantitative estimate of drug-likeness (QED) is 0.489. The molecule has 13 heteroatoms. The summed E-state index contributed by atoms with van der Waals surface area (Å²) in [5.74, 6) is -0.760. The lowest BCUT2D eigenvalue weighted by Gasteiger charge is -2.37. The summed E-state index contributed by atoms with van der Waals surface area (Å²) >= 11 is 0.969. The van der Waals surface area contributed by atoms with Crippen LogP contribution < -0.4 is 20.4 Å². The third kappa shape index (κ3) is 4.48. The number of carbonyl (C=O) groups excluding carboxylic acids is 2. The number of nitrogens with zero attached hydrogens (tertiary/aromatic N) is 4. The second-order valence-corrected chi connectivity index (χ2v) is 8.44. The first-order valence-corrected chi connectivity index (χ1v) is 10.7. The Balaban J connectivity index is 1.53. The van der Waals surface area contributed by atoms with Crippen LogP contribution in [0.3, 0.4) is 0 Å². The predicted octanol–water partition coefficient (Wildman–Crippen LogP) is 1.80. The molecule has 11 nitrogen and oxygen atoms in total. The number of halogens is 1. The predicted molar refractivity (Wildman–Crippen MR) is 114 cm³/mol. The van der Waals surface area contributed by atoms with Crippen LogP contribution >= 0.6 is 11.3 Å². The van der Waals surface area contributed by atoms with Crippen LogP contribution in [0.2, 0.25) is 0 Å². The van der Waals surface area contributed by atoms with E-state index in [1.54, 1.807) is 12.1 Å². The van der Waals surface area contributed by atoms with Crippen molar-refractivity contribution in [3.8, 4) is 0 Å². The average molecular weight is 464 g/mol. The molecular formula is C19H21FN6O5S. The van der Waals surface area contributed by atoms with E-state index in [2.05, 4.69) is 15.6 Å². The van der Waals surface area contributed by atoms with Gasteiger partial charge in [0.25, 0.3) is 0 Å². The summed E-state index contributed by atoms with van der Waals surface area (Å²) in [6.07, 6.45) is 0.0813. The van der Waals surface area contributed by atoms with E-state index in [0.717, 1.165) is 11.3 Å². The van der Waals surface area contributed by atoms with Crippen molar-refractivity contribution < 1.29 is 23.6 Å². The van der Waals surface area contributed by atoms with Gasteiger partial charge in [0.1, 0.15) is 23.1 Å². The van der Waals surface area contributed by atoms with Crippen molar-refractivity contribution in [1.82, 2.24) is 15.6 Å². The van der Waals surface area contributed by atoms with Crippen molar-refractivity contribution in [2.45, 2.75) is 19.1 Å². The number of nitro groups is 1. The summed E-state index contributed by atoms with van der Waals surface area (Å²) in [4.78, 5) is 41.1. The Labute approximate surface area is 186 Å². The van der Waals surface area contributed by atoms with Crippen LogP contribution in [-0.4, -0.2) is 60.7 Å². The van der Waals surface area contributed by atoms with Crippen molar-refractivity contribution in [2.24, 2.45) is 0 Å². The number of nitrogens with one attached hydrogen (secondary N) is 2. The Hall–Kier alpha value is -3.32. The maximum atomic E-state index is 15.2. The molecule has 0 aliphatic carbocycles. The van der Waals surface area contributed by atoms with Gasteiger partial charge in [0.05, 0.1) is 35.4 Å². The molecule has 2 aliphatic rings. The normalized spacial score (nSPS) is 20.9. The number of benzene rings is 1. The molecule has 32 heavy (non-hydrogen) atoms. The summed E-state index contributed by atoms with van der Waals surface area (Å²) in [5, 5.41) is 17.3. The largest absolute Gasteiger partial charge is 0.442 e. The first kappa shape index (κ1) is 21.9. The molecule has 0 saturated carbocycles. The second kappa shape index (κ2) is 9.04. The molecule has 170 valence electrons. The summed E-state index contributed by atoms with van der Waals surface area (Å²) < 4.78 is 20.4. The van der Waals surface area contributed by atoms with E-state index in [9.17, 15) is 19.7 Å². The lowest BCUT2D eigenvalue weighted by molar-refractivity contribution is -0.380. The van der Waals surface area contributed by atoms with Gasteiger partial charge in [0.15, 0.2) is 0 Å². The smallest absolute Gasteiger partial charge is 0.414 e. The minimum Gasteiger partial charge on any atom is -0.442 e. The Kier molecular flexibility index (Phi) is 6.19. The Morgan fingerprint density at radius 1 is 1.50 bits per heavy atom. The van der Waals surface area contributed by atoms with E-state index < -0.39 is 22.9 Å². The highest BCUT2D eigenvalue weighted by Crippen LogP contribution is 2.36. The fourth-order valence-electron chi connectivity index (χ4n) is 3.72. The molecule has 4 rings (SSSR count). The number of carbonyl (C=O) groups is 2. The third-order valence-electron chi connectivity index (χ3n) is 5.22. The van der Waals surface area contributed by atoms with E-state index >= 15 is 4.39 Å². The molecule has 1 unspecified atom stereocenters. The highest BCUT2D eigenvalue weighted by atomic mass is 32.1. The molecule has 1 aromatic heterocycles. The third-order valence-corrected chi connectivity index (χ3v) is 6.28. The molecule has 3 heterocycles. The molecule has 2 aliphatic heterocycles. The van der Waals surface area contributed by atoms with E-state index in [4.69, 9.17) is 4.74 Å². The van der Waals surface area contributed by atoms with Gasteiger partial charge in [-0.2, -0.15) is 0 Å². The van der Waals surface area contributed by atoms with Crippen molar-refractivity contribution in [3.05, 3.63) is 45.3 Å². The number of anilines is 2. The monoisotopic (exact) mass is 464 g/mol. The van der Waals surface area contributed by atoms with Gasteiger partial charge < -0.3 is 20.3 Å². The maximum Gasteiger partial charge on any atom is 0.414 e. The molecule has 2 saturated heterocycles. The Bertz CT molecular complexity index is 1050. The number of piperazine rings is 1. The zero-order chi connectivity index (χ0) is 22.8.